The molecule has 1 aromatic carbocycles. The first kappa shape index (κ1) is 17.5. The fourth-order valence-electron chi connectivity index (χ4n) is 3.37. The first-order valence-electron chi connectivity index (χ1n) is 8.95. The lowest BCUT2D eigenvalue weighted by Crippen LogP contribution is -2.33. The molecule has 0 unspecified atom stereocenters. The van der Waals surface area contributed by atoms with Crippen LogP contribution in [0.4, 0.5) is 0 Å². The maximum Gasteiger partial charge on any atom is 0.0233 e. The van der Waals surface area contributed by atoms with Crippen molar-refractivity contribution in [1.29, 1.82) is 0 Å². The van der Waals surface area contributed by atoms with Gasteiger partial charge in [0.15, 0.2) is 0 Å². The summed E-state index contributed by atoms with van der Waals surface area (Å²) in [4.78, 5) is 2.63. The molecule has 2 heteroatoms. The van der Waals surface area contributed by atoms with Crippen LogP contribution in [-0.2, 0) is 12.0 Å². The van der Waals surface area contributed by atoms with Crippen LogP contribution in [0.5, 0.6) is 0 Å². The predicted octanol–water partition coefficient (Wildman–Crippen LogP) is 4.20. The summed E-state index contributed by atoms with van der Waals surface area (Å²) < 4.78 is 0. The van der Waals surface area contributed by atoms with Crippen LogP contribution in [0.3, 0.4) is 0 Å². The summed E-state index contributed by atoms with van der Waals surface area (Å²) in [7, 11) is 2.05. The molecule has 2 nitrogen and oxygen atoms in total. The molecule has 2 rings (SSSR count). The van der Waals surface area contributed by atoms with E-state index >= 15 is 0 Å². The van der Waals surface area contributed by atoms with Crippen molar-refractivity contribution >= 4 is 0 Å². The summed E-state index contributed by atoms with van der Waals surface area (Å²) in [5, 5.41) is 3.25. The Morgan fingerprint density at radius 2 is 1.73 bits per heavy atom. The minimum atomic E-state index is 0.254. The molecule has 0 spiro atoms. The number of hydrogen-bond acceptors (Lipinski definition) is 2. The summed E-state index contributed by atoms with van der Waals surface area (Å²) in [6.45, 7) is 11.7. The highest BCUT2D eigenvalue weighted by atomic mass is 15.1. The predicted molar refractivity (Wildman–Crippen MR) is 96.3 cm³/mol. The lowest BCUT2D eigenvalue weighted by molar-refractivity contribution is 0.171. The molecule has 0 radical (unpaired) electrons. The molecule has 1 N–H and O–H groups in total. The van der Waals surface area contributed by atoms with Gasteiger partial charge in [0.05, 0.1) is 0 Å². The molecule has 1 saturated heterocycles. The Kier molecular flexibility index (Phi) is 6.46. The topological polar surface area (TPSA) is 15.3 Å². The van der Waals surface area contributed by atoms with E-state index in [9.17, 15) is 0 Å². The molecular weight excluding hydrogens is 268 g/mol. The van der Waals surface area contributed by atoms with Gasteiger partial charge >= 0.3 is 0 Å². The van der Waals surface area contributed by atoms with E-state index in [1.54, 1.807) is 0 Å². The van der Waals surface area contributed by atoms with Gasteiger partial charge in [-0.25, -0.2) is 0 Å². The Labute approximate surface area is 137 Å². The van der Waals surface area contributed by atoms with Crippen molar-refractivity contribution in [3.63, 3.8) is 0 Å². The third-order valence-corrected chi connectivity index (χ3v) is 4.97. The maximum atomic E-state index is 3.25. The molecule has 0 aromatic heterocycles. The van der Waals surface area contributed by atoms with Crippen molar-refractivity contribution in [2.45, 2.75) is 58.4 Å². The lowest BCUT2D eigenvalue weighted by atomic mass is 9.86. The second-order valence-corrected chi connectivity index (χ2v) is 7.91. The van der Waals surface area contributed by atoms with Gasteiger partial charge in [-0.05, 0) is 74.8 Å². The van der Waals surface area contributed by atoms with Crippen LogP contribution in [0.2, 0.25) is 0 Å². The maximum absolute atomic E-state index is 3.25. The summed E-state index contributed by atoms with van der Waals surface area (Å²) in [5.41, 5.74) is 3.14. The molecule has 0 amide bonds. The van der Waals surface area contributed by atoms with Gasteiger partial charge in [-0.15, -0.1) is 0 Å². The van der Waals surface area contributed by atoms with Crippen molar-refractivity contribution in [3.05, 3.63) is 35.4 Å². The standard InChI is InChI=1S/C20H34N2/c1-20(2,3)19-9-7-18(8-10-19)16-22-14-11-17(12-15-22)6-5-13-21-4/h7-10,17,21H,5-6,11-16H2,1-4H3. The van der Waals surface area contributed by atoms with Crippen LogP contribution in [0.15, 0.2) is 24.3 Å². The molecule has 1 aliphatic rings. The van der Waals surface area contributed by atoms with Gasteiger partial charge in [0.2, 0.25) is 0 Å². The minimum Gasteiger partial charge on any atom is -0.320 e. The lowest BCUT2D eigenvalue weighted by Gasteiger charge is -2.32. The van der Waals surface area contributed by atoms with Gasteiger partial charge in [-0.2, -0.15) is 0 Å². The Bertz CT molecular complexity index is 422. The first-order valence-corrected chi connectivity index (χ1v) is 8.95. The van der Waals surface area contributed by atoms with Gasteiger partial charge < -0.3 is 5.32 Å². The van der Waals surface area contributed by atoms with Gasteiger partial charge in [0, 0.05) is 6.54 Å². The molecule has 0 bridgehead atoms. The number of piperidine rings is 1. The second kappa shape index (κ2) is 8.12. The van der Waals surface area contributed by atoms with Gasteiger partial charge in [-0.1, -0.05) is 45.0 Å². The zero-order valence-corrected chi connectivity index (χ0v) is 15.0. The molecule has 124 valence electrons. The average molecular weight is 303 g/mol. The van der Waals surface area contributed by atoms with E-state index in [-0.39, 0.29) is 5.41 Å². The fourth-order valence-corrected chi connectivity index (χ4v) is 3.37. The second-order valence-electron chi connectivity index (χ2n) is 7.91. The number of rotatable bonds is 6. The molecule has 1 aromatic rings. The molecule has 1 fully saturated rings. The van der Waals surface area contributed by atoms with Crippen LogP contribution in [0.1, 0.15) is 57.6 Å². The number of likely N-dealkylation sites (tertiary alicyclic amines) is 1. The van der Waals surface area contributed by atoms with Crippen molar-refractivity contribution in [2.24, 2.45) is 5.92 Å². The third kappa shape index (κ3) is 5.40. The van der Waals surface area contributed by atoms with E-state index in [2.05, 4.69) is 55.3 Å². The Morgan fingerprint density at radius 1 is 1.09 bits per heavy atom. The summed E-state index contributed by atoms with van der Waals surface area (Å²) in [5.74, 6) is 0.952. The highest BCUT2D eigenvalue weighted by Crippen LogP contribution is 2.25. The van der Waals surface area contributed by atoms with E-state index in [1.165, 1.54) is 56.4 Å². The van der Waals surface area contributed by atoms with Gasteiger partial charge in [-0.3, -0.25) is 4.90 Å². The summed E-state index contributed by atoms with van der Waals surface area (Å²) >= 11 is 0. The summed E-state index contributed by atoms with van der Waals surface area (Å²) in [6.07, 6.45) is 5.48. The fraction of sp³-hybridized carbons (Fsp3) is 0.700. The van der Waals surface area contributed by atoms with Crippen molar-refractivity contribution in [1.82, 2.24) is 10.2 Å². The Morgan fingerprint density at radius 3 is 2.27 bits per heavy atom. The number of nitrogens with one attached hydrogen (secondary N) is 1. The highest BCUT2D eigenvalue weighted by Gasteiger charge is 2.19. The number of benzene rings is 1. The van der Waals surface area contributed by atoms with Crippen LogP contribution in [-0.4, -0.2) is 31.6 Å². The first-order chi connectivity index (χ1) is 10.5. The zero-order chi connectivity index (χ0) is 16.0. The van der Waals surface area contributed by atoms with Gasteiger partial charge in [0.1, 0.15) is 0 Å². The normalized spacial score (nSPS) is 17.8. The zero-order valence-electron chi connectivity index (χ0n) is 15.0. The van der Waals surface area contributed by atoms with Crippen molar-refractivity contribution in [3.8, 4) is 0 Å². The van der Waals surface area contributed by atoms with E-state index in [0.717, 1.165) is 12.5 Å². The molecular formula is C20H34N2. The number of nitrogens with zero attached hydrogens (tertiary/aromatic N) is 1. The molecule has 1 aliphatic heterocycles. The quantitative estimate of drug-likeness (QED) is 0.792. The molecule has 0 atom stereocenters. The Balaban J connectivity index is 1.76. The Hall–Kier alpha value is -0.860. The van der Waals surface area contributed by atoms with Crippen molar-refractivity contribution < 1.29 is 0 Å². The van der Waals surface area contributed by atoms with Gasteiger partial charge in [0.25, 0.3) is 0 Å². The SMILES string of the molecule is CNCCCC1CCN(Cc2ccc(C(C)(C)C)cc2)CC1. The summed E-state index contributed by atoms with van der Waals surface area (Å²) in [6, 6.07) is 9.25. The van der Waals surface area contributed by atoms with E-state index in [4.69, 9.17) is 0 Å². The monoisotopic (exact) mass is 302 g/mol. The minimum absolute atomic E-state index is 0.254. The van der Waals surface area contributed by atoms with Crippen LogP contribution in [0, 0.1) is 5.92 Å². The van der Waals surface area contributed by atoms with Crippen LogP contribution >= 0.6 is 0 Å². The van der Waals surface area contributed by atoms with Crippen LogP contribution in [0.25, 0.3) is 0 Å². The van der Waals surface area contributed by atoms with E-state index < -0.39 is 0 Å². The van der Waals surface area contributed by atoms with E-state index in [0.29, 0.717) is 0 Å². The third-order valence-electron chi connectivity index (χ3n) is 4.97. The highest BCUT2D eigenvalue weighted by molar-refractivity contribution is 5.27. The van der Waals surface area contributed by atoms with Crippen molar-refractivity contribution in [2.75, 3.05) is 26.7 Å². The molecule has 0 aliphatic carbocycles. The molecule has 0 saturated carbocycles. The van der Waals surface area contributed by atoms with Crippen LogP contribution < -0.4 is 5.32 Å². The smallest absolute Gasteiger partial charge is 0.0233 e. The number of hydrogen-bond donors (Lipinski definition) is 1. The van der Waals surface area contributed by atoms with E-state index in [1.807, 2.05) is 7.05 Å². The molecule has 1 heterocycles. The largest absolute Gasteiger partial charge is 0.320 e. The molecule has 22 heavy (non-hydrogen) atoms. The average Bonchev–Trinajstić information content (AvgIpc) is 2.49.